The lowest BCUT2D eigenvalue weighted by Crippen LogP contribution is -2.44. The number of ketones is 1. The zero-order valence-electron chi connectivity index (χ0n) is 14.4. The third kappa shape index (κ3) is 6.20. The van der Waals surface area contributed by atoms with Crippen LogP contribution in [0.1, 0.15) is 38.1 Å². The first-order valence-corrected chi connectivity index (χ1v) is 8.12. The van der Waals surface area contributed by atoms with Gasteiger partial charge in [-0.15, -0.1) is 0 Å². The molecule has 0 atom stereocenters. The van der Waals surface area contributed by atoms with Crippen LogP contribution in [-0.2, 0) is 9.59 Å². The van der Waals surface area contributed by atoms with Crippen LogP contribution in [0.4, 0.5) is 0 Å². The smallest absolute Gasteiger partial charge is 0.260 e. The molecule has 0 saturated heterocycles. The molecule has 0 bridgehead atoms. The van der Waals surface area contributed by atoms with E-state index < -0.39 is 0 Å². The zero-order chi connectivity index (χ0) is 18.3. The molecule has 1 rings (SSSR count). The van der Waals surface area contributed by atoms with Crippen molar-refractivity contribution in [2.45, 2.75) is 33.7 Å². The fraction of sp³-hybridized carbons (Fsp3) is 0.471. The number of hydrogen-bond acceptors (Lipinski definition) is 4. The largest absolute Gasteiger partial charge is 0.483 e. The van der Waals surface area contributed by atoms with E-state index in [0.717, 1.165) is 0 Å². The zero-order valence-corrected chi connectivity index (χ0v) is 15.1. The van der Waals surface area contributed by atoms with E-state index in [1.54, 1.807) is 19.1 Å². The summed E-state index contributed by atoms with van der Waals surface area (Å²) < 4.78 is 5.46. The molecule has 0 aliphatic rings. The van der Waals surface area contributed by atoms with Crippen LogP contribution < -0.4 is 10.1 Å². The monoisotopic (exact) mass is 354 g/mol. The number of amides is 2. The number of carbonyl (C=O) groups excluding carboxylic acids is 3. The summed E-state index contributed by atoms with van der Waals surface area (Å²) in [5.41, 5.74) is 0.316. The van der Waals surface area contributed by atoms with Gasteiger partial charge in [-0.1, -0.05) is 11.6 Å². The lowest BCUT2D eigenvalue weighted by atomic mass is 10.1. The maximum absolute atomic E-state index is 12.2. The Morgan fingerprint density at radius 2 is 1.96 bits per heavy atom. The Kier molecular flexibility index (Phi) is 7.71. The van der Waals surface area contributed by atoms with Crippen molar-refractivity contribution in [1.82, 2.24) is 10.2 Å². The van der Waals surface area contributed by atoms with Crippen LogP contribution in [0.5, 0.6) is 5.75 Å². The molecule has 7 heteroatoms. The van der Waals surface area contributed by atoms with Crippen LogP contribution in [0.15, 0.2) is 18.2 Å². The Hall–Kier alpha value is -2.08. The van der Waals surface area contributed by atoms with Crippen LogP contribution in [0.3, 0.4) is 0 Å². The van der Waals surface area contributed by atoms with Crippen molar-refractivity contribution < 1.29 is 19.1 Å². The summed E-state index contributed by atoms with van der Waals surface area (Å²) in [4.78, 5) is 37.0. The molecule has 0 aliphatic carbocycles. The van der Waals surface area contributed by atoms with Crippen molar-refractivity contribution in [3.63, 3.8) is 0 Å². The van der Waals surface area contributed by atoms with Crippen LogP contribution in [0.25, 0.3) is 0 Å². The number of hydrogen-bond donors (Lipinski definition) is 1. The highest BCUT2D eigenvalue weighted by Crippen LogP contribution is 2.23. The van der Waals surface area contributed by atoms with Gasteiger partial charge in [-0.05, 0) is 45.9 Å². The second-order valence-corrected chi connectivity index (χ2v) is 6.05. The summed E-state index contributed by atoms with van der Waals surface area (Å²) in [6.45, 7) is 6.97. The summed E-state index contributed by atoms with van der Waals surface area (Å²) in [5, 5.41) is 3.15. The fourth-order valence-corrected chi connectivity index (χ4v) is 2.22. The molecule has 1 N–H and O–H groups in total. The SMILES string of the molecule is CCN(CC(=O)NC(C)C)C(=O)COc1ccc(Cl)cc1C(C)=O. The maximum atomic E-state index is 12.2. The minimum atomic E-state index is -0.333. The molecule has 132 valence electrons. The Labute approximate surface area is 147 Å². The van der Waals surface area contributed by atoms with E-state index >= 15 is 0 Å². The van der Waals surface area contributed by atoms with E-state index in [0.29, 0.717) is 22.9 Å². The predicted molar refractivity (Wildman–Crippen MR) is 92.5 cm³/mol. The average molecular weight is 355 g/mol. The summed E-state index contributed by atoms with van der Waals surface area (Å²) >= 11 is 5.87. The van der Waals surface area contributed by atoms with Gasteiger partial charge in [0, 0.05) is 17.6 Å². The van der Waals surface area contributed by atoms with Gasteiger partial charge in [-0.3, -0.25) is 14.4 Å². The van der Waals surface area contributed by atoms with E-state index in [1.165, 1.54) is 17.9 Å². The lowest BCUT2D eigenvalue weighted by Gasteiger charge is -2.21. The van der Waals surface area contributed by atoms with Crippen molar-refractivity contribution in [2.75, 3.05) is 19.7 Å². The Bertz CT molecular complexity index is 617. The minimum Gasteiger partial charge on any atom is -0.483 e. The molecule has 6 nitrogen and oxygen atoms in total. The molecule has 1 aromatic rings. The number of carbonyl (C=O) groups is 3. The third-order valence-electron chi connectivity index (χ3n) is 3.19. The quantitative estimate of drug-likeness (QED) is 0.727. The number of halogens is 1. The van der Waals surface area contributed by atoms with Gasteiger partial charge in [0.15, 0.2) is 12.4 Å². The average Bonchev–Trinajstić information content (AvgIpc) is 2.50. The third-order valence-corrected chi connectivity index (χ3v) is 3.43. The first kappa shape index (κ1) is 20.0. The summed E-state index contributed by atoms with van der Waals surface area (Å²) in [5.74, 6) is -0.469. The van der Waals surface area contributed by atoms with Gasteiger partial charge in [0.25, 0.3) is 5.91 Å². The van der Waals surface area contributed by atoms with Gasteiger partial charge in [-0.25, -0.2) is 0 Å². The highest BCUT2D eigenvalue weighted by molar-refractivity contribution is 6.31. The van der Waals surface area contributed by atoms with Crippen LogP contribution in [0.2, 0.25) is 5.02 Å². The summed E-state index contributed by atoms with van der Waals surface area (Å²) in [6.07, 6.45) is 0. The molecular formula is C17H23ClN2O4. The fourth-order valence-electron chi connectivity index (χ4n) is 2.05. The molecule has 0 heterocycles. The molecule has 0 aromatic heterocycles. The number of rotatable bonds is 8. The van der Waals surface area contributed by atoms with E-state index in [2.05, 4.69) is 5.32 Å². The molecule has 0 unspecified atom stereocenters. The molecule has 1 aromatic carbocycles. The first-order chi connectivity index (χ1) is 11.2. The first-order valence-electron chi connectivity index (χ1n) is 7.75. The minimum absolute atomic E-state index is 0.00903. The van der Waals surface area contributed by atoms with Gasteiger partial charge in [-0.2, -0.15) is 0 Å². The molecule has 0 saturated carbocycles. The lowest BCUT2D eigenvalue weighted by molar-refractivity contribution is -0.137. The van der Waals surface area contributed by atoms with E-state index in [1.807, 2.05) is 13.8 Å². The van der Waals surface area contributed by atoms with Crippen LogP contribution in [-0.4, -0.2) is 48.2 Å². The Morgan fingerprint density at radius 1 is 1.29 bits per heavy atom. The summed E-state index contributed by atoms with van der Waals surface area (Å²) in [6, 6.07) is 4.64. The van der Waals surface area contributed by atoms with Gasteiger partial charge in [0.2, 0.25) is 5.91 Å². The van der Waals surface area contributed by atoms with Gasteiger partial charge >= 0.3 is 0 Å². The molecule has 0 spiro atoms. The normalized spacial score (nSPS) is 10.4. The highest BCUT2D eigenvalue weighted by Gasteiger charge is 2.18. The standard InChI is InChI=1S/C17H23ClN2O4/c1-5-20(9-16(22)19-11(2)3)17(23)10-24-15-7-6-13(18)8-14(15)12(4)21/h6-8,11H,5,9-10H2,1-4H3,(H,19,22). The molecular weight excluding hydrogens is 332 g/mol. The van der Waals surface area contributed by atoms with E-state index in [-0.39, 0.29) is 36.8 Å². The number of nitrogens with zero attached hydrogens (tertiary/aromatic N) is 1. The van der Waals surface area contributed by atoms with Crippen molar-refractivity contribution in [3.8, 4) is 5.75 Å². The van der Waals surface area contributed by atoms with E-state index in [4.69, 9.17) is 16.3 Å². The Morgan fingerprint density at radius 3 is 2.50 bits per heavy atom. The molecule has 2 amide bonds. The number of ether oxygens (including phenoxy) is 1. The molecule has 0 fully saturated rings. The molecule has 24 heavy (non-hydrogen) atoms. The number of likely N-dealkylation sites (N-methyl/N-ethyl adjacent to an activating group) is 1. The van der Waals surface area contributed by atoms with Gasteiger partial charge in [0.05, 0.1) is 12.1 Å². The molecule has 0 aliphatic heterocycles. The van der Waals surface area contributed by atoms with Crippen LogP contribution >= 0.6 is 11.6 Å². The van der Waals surface area contributed by atoms with Crippen molar-refractivity contribution in [1.29, 1.82) is 0 Å². The van der Waals surface area contributed by atoms with E-state index in [9.17, 15) is 14.4 Å². The van der Waals surface area contributed by atoms with Crippen molar-refractivity contribution in [3.05, 3.63) is 28.8 Å². The molecule has 0 radical (unpaired) electrons. The topological polar surface area (TPSA) is 75.7 Å². The summed E-state index contributed by atoms with van der Waals surface area (Å²) in [7, 11) is 0. The predicted octanol–water partition coefficient (Wildman–Crippen LogP) is 2.29. The number of nitrogens with one attached hydrogen (secondary N) is 1. The van der Waals surface area contributed by atoms with Crippen LogP contribution in [0, 0.1) is 0 Å². The second-order valence-electron chi connectivity index (χ2n) is 5.62. The van der Waals surface area contributed by atoms with Gasteiger partial charge in [0.1, 0.15) is 5.75 Å². The Balaban J connectivity index is 2.70. The van der Waals surface area contributed by atoms with Crippen molar-refractivity contribution in [2.24, 2.45) is 0 Å². The number of benzene rings is 1. The van der Waals surface area contributed by atoms with Crippen molar-refractivity contribution >= 4 is 29.2 Å². The second kappa shape index (κ2) is 9.27. The highest BCUT2D eigenvalue weighted by atomic mass is 35.5. The number of Topliss-reactive ketones (excluding diaryl/α,β-unsaturated/α-hetero) is 1. The van der Waals surface area contributed by atoms with Gasteiger partial charge < -0.3 is 15.0 Å². The maximum Gasteiger partial charge on any atom is 0.260 e.